The predicted octanol–water partition coefficient (Wildman–Crippen LogP) is 2.94. The monoisotopic (exact) mass is 291 g/mol. The quantitative estimate of drug-likeness (QED) is 0.803. The van der Waals surface area contributed by atoms with E-state index in [1.54, 1.807) is 0 Å². The molecule has 3 aromatic rings. The molecule has 102 valence electrons. The van der Waals surface area contributed by atoms with Gasteiger partial charge in [-0.2, -0.15) is 4.98 Å². The molecule has 5 nitrogen and oxygen atoms in total. The maximum Gasteiger partial charge on any atom is 0.264 e. The fourth-order valence-corrected chi connectivity index (χ4v) is 2.42. The molecule has 0 amide bonds. The normalized spacial score (nSPS) is 10.9. The number of benzene rings is 1. The Morgan fingerprint density at radius 3 is 2.90 bits per heavy atom. The Bertz CT molecular complexity index is 733. The highest BCUT2D eigenvalue weighted by atomic mass is 32.1. The third-order valence-electron chi connectivity index (χ3n) is 2.68. The van der Waals surface area contributed by atoms with Crippen LogP contribution in [0, 0.1) is 12.7 Å². The molecule has 0 bridgehead atoms. The third-order valence-corrected chi connectivity index (χ3v) is 3.50. The molecule has 1 N–H and O–H groups in total. The summed E-state index contributed by atoms with van der Waals surface area (Å²) in [5, 5.41) is 16.3. The molecule has 0 aliphatic rings. The highest BCUT2D eigenvalue weighted by molar-refractivity contribution is 7.09. The molecule has 0 fully saturated rings. The molecule has 7 heteroatoms. The first kappa shape index (κ1) is 12.7. The van der Waals surface area contributed by atoms with Gasteiger partial charge in [-0.05, 0) is 19.1 Å². The van der Waals surface area contributed by atoms with Gasteiger partial charge in [0.15, 0.2) is 5.82 Å². The number of thiazole rings is 1. The topological polar surface area (TPSA) is 72.0 Å². The van der Waals surface area contributed by atoms with E-state index in [2.05, 4.69) is 15.1 Å². The molecule has 0 saturated carbocycles. The summed E-state index contributed by atoms with van der Waals surface area (Å²) in [6.45, 7) is 1.91. The number of aromatic nitrogens is 3. The summed E-state index contributed by atoms with van der Waals surface area (Å²) in [5.41, 5.74) is 0.748. The van der Waals surface area contributed by atoms with Crippen LogP contribution < -0.4 is 0 Å². The summed E-state index contributed by atoms with van der Waals surface area (Å²) < 4.78 is 18.7. The van der Waals surface area contributed by atoms with Gasteiger partial charge in [0.2, 0.25) is 0 Å². The summed E-state index contributed by atoms with van der Waals surface area (Å²) in [7, 11) is 0. The van der Waals surface area contributed by atoms with Crippen molar-refractivity contribution < 1.29 is 14.0 Å². The largest absolute Gasteiger partial charge is 0.507 e. The molecule has 0 atom stereocenters. The summed E-state index contributed by atoms with van der Waals surface area (Å²) in [6, 6.07) is 4.00. The van der Waals surface area contributed by atoms with Crippen LogP contribution in [0.3, 0.4) is 0 Å². The lowest BCUT2D eigenvalue weighted by Gasteiger charge is -1.99. The fourth-order valence-electron chi connectivity index (χ4n) is 1.80. The van der Waals surface area contributed by atoms with Crippen molar-refractivity contribution in [3.05, 3.63) is 45.9 Å². The van der Waals surface area contributed by atoms with Crippen molar-refractivity contribution >= 4 is 11.3 Å². The van der Waals surface area contributed by atoms with Gasteiger partial charge in [-0.1, -0.05) is 11.2 Å². The second kappa shape index (κ2) is 5.01. The molecule has 2 heterocycles. The number of halogens is 1. The molecule has 0 saturated heterocycles. The Hall–Kier alpha value is -2.28. The van der Waals surface area contributed by atoms with Gasteiger partial charge < -0.3 is 9.63 Å². The van der Waals surface area contributed by atoms with Crippen molar-refractivity contribution in [2.24, 2.45) is 0 Å². The van der Waals surface area contributed by atoms with Gasteiger partial charge in [0.25, 0.3) is 5.89 Å². The number of hydrogen-bond donors (Lipinski definition) is 1. The Morgan fingerprint density at radius 2 is 2.20 bits per heavy atom. The standard InChI is InChI=1S/C13H10FN3O2S/c1-7-15-8(6-20-7)5-11-16-13(19-17-11)12-9(14)3-2-4-10(12)18/h2-4,6,18H,5H2,1H3. The van der Waals surface area contributed by atoms with Gasteiger partial charge in [-0.3, -0.25) is 0 Å². The van der Waals surface area contributed by atoms with E-state index < -0.39 is 5.82 Å². The van der Waals surface area contributed by atoms with Gasteiger partial charge in [0.05, 0.1) is 17.1 Å². The number of hydrogen-bond acceptors (Lipinski definition) is 6. The Balaban J connectivity index is 1.90. The van der Waals surface area contributed by atoms with Crippen LogP contribution in [0.2, 0.25) is 0 Å². The lowest BCUT2D eigenvalue weighted by Crippen LogP contribution is -1.91. The summed E-state index contributed by atoms with van der Waals surface area (Å²) in [5.74, 6) is -0.482. The van der Waals surface area contributed by atoms with Gasteiger partial charge >= 0.3 is 0 Å². The van der Waals surface area contributed by atoms with E-state index in [1.807, 2.05) is 12.3 Å². The Labute approximate surface area is 117 Å². The average molecular weight is 291 g/mol. The highest BCUT2D eigenvalue weighted by Gasteiger charge is 2.17. The van der Waals surface area contributed by atoms with E-state index in [-0.39, 0.29) is 17.2 Å². The Morgan fingerprint density at radius 1 is 1.35 bits per heavy atom. The molecule has 0 radical (unpaired) electrons. The zero-order chi connectivity index (χ0) is 14.1. The van der Waals surface area contributed by atoms with Crippen molar-refractivity contribution in [1.82, 2.24) is 15.1 Å². The molecular weight excluding hydrogens is 281 g/mol. The molecule has 0 aliphatic heterocycles. The molecule has 20 heavy (non-hydrogen) atoms. The zero-order valence-corrected chi connectivity index (χ0v) is 11.3. The fraction of sp³-hybridized carbons (Fsp3) is 0.154. The van der Waals surface area contributed by atoms with E-state index in [0.717, 1.165) is 10.7 Å². The van der Waals surface area contributed by atoms with Crippen molar-refractivity contribution in [3.8, 4) is 17.2 Å². The van der Waals surface area contributed by atoms with Crippen LogP contribution in [0.5, 0.6) is 5.75 Å². The first-order valence-electron chi connectivity index (χ1n) is 5.85. The number of aryl methyl sites for hydroxylation is 1. The first-order valence-corrected chi connectivity index (χ1v) is 6.73. The van der Waals surface area contributed by atoms with E-state index in [9.17, 15) is 9.50 Å². The molecule has 3 rings (SSSR count). The SMILES string of the molecule is Cc1nc(Cc2noc(-c3c(O)cccc3F)n2)cs1. The van der Waals surface area contributed by atoms with Gasteiger partial charge in [-0.15, -0.1) is 11.3 Å². The maximum atomic E-state index is 13.7. The van der Waals surface area contributed by atoms with Crippen LogP contribution in [0.25, 0.3) is 11.5 Å². The van der Waals surface area contributed by atoms with Crippen molar-refractivity contribution in [2.45, 2.75) is 13.3 Å². The minimum absolute atomic E-state index is 0.0393. The zero-order valence-electron chi connectivity index (χ0n) is 10.5. The second-order valence-electron chi connectivity index (χ2n) is 4.18. The summed E-state index contributed by atoms with van der Waals surface area (Å²) in [6.07, 6.45) is 0.406. The van der Waals surface area contributed by atoms with Crippen LogP contribution in [0.1, 0.15) is 16.5 Å². The van der Waals surface area contributed by atoms with Crippen LogP contribution in [-0.2, 0) is 6.42 Å². The third kappa shape index (κ3) is 2.39. The molecular formula is C13H10FN3O2S. The number of aromatic hydroxyl groups is 1. The van der Waals surface area contributed by atoms with Crippen LogP contribution in [0.4, 0.5) is 4.39 Å². The van der Waals surface area contributed by atoms with E-state index in [1.165, 1.54) is 29.5 Å². The molecule has 1 aromatic carbocycles. The molecule has 2 aromatic heterocycles. The first-order chi connectivity index (χ1) is 9.63. The molecule has 0 spiro atoms. The van der Waals surface area contributed by atoms with Gasteiger partial charge in [0.1, 0.15) is 17.1 Å². The molecule has 0 unspecified atom stereocenters. The highest BCUT2D eigenvalue weighted by Crippen LogP contribution is 2.30. The Kier molecular flexibility index (Phi) is 3.19. The van der Waals surface area contributed by atoms with Crippen LogP contribution in [-0.4, -0.2) is 20.2 Å². The molecule has 0 aliphatic carbocycles. The predicted molar refractivity (Wildman–Crippen MR) is 71.0 cm³/mol. The lowest BCUT2D eigenvalue weighted by molar-refractivity contribution is 0.414. The average Bonchev–Trinajstić information content (AvgIpc) is 3.00. The second-order valence-corrected chi connectivity index (χ2v) is 5.25. The van der Waals surface area contributed by atoms with Crippen LogP contribution in [0.15, 0.2) is 28.1 Å². The van der Waals surface area contributed by atoms with E-state index in [0.29, 0.717) is 12.2 Å². The summed E-state index contributed by atoms with van der Waals surface area (Å²) in [4.78, 5) is 8.39. The van der Waals surface area contributed by atoms with Gasteiger partial charge in [-0.25, -0.2) is 9.37 Å². The minimum atomic E-state index is -0.607. The van der Waals surface area contributed by atoms with Crippen molar-refractivity contribution in [3.63, 3.8) is 0 Å². The number of phenolic OH excluding ortho intramolecular Hbond substituents is 1. The van der Waals surface area contributed by atoms with Gasteiger partial charge in [0, 0.05) is 5.38 Å². The lowest BCUT2D eigenvalue weighted by atomic mass is 10.2. The smallest absolute Gasteiger partial charge is 0.264 e. The van der Waals surface area contributed by atoms with E-state index in [4.69, 9.17) is 4.52 Å². The van der Waals surface area contributed by atoms with Crippen molar-refractivity contribution in [2.75, 3.05) is 0 Å². The number of rotatable bonds is 3. The van der Waals surface area contributed by atoms with Crippen molar-refractivity contribution in [1.29, 1.82) is 0 Å². The number of nitrogens with zero attached hydrogens (tertiary/aromatic N) is 3. The maximum absolute atomic E-state index is 13.7. The minimum Gasteiger partial charge on any atom is -0.507 e. The number of phenols is 1. The summed E-state index contributed by atoms with van der Waals surface area (Å²) >= 11 is 1.53. The van der Waals surface area contributed by atoms with E-state index >= 15 is 0 Å². The van der Waals surface area contributed by atoms with Crippen LogP contribution >= 0.6 is 11.3 Å².